The van der Waals surface area contributed by atoms with Crippen molar-refractivity contribution in [2.75, 3.05) is 18.5 Å². The Bertz CT molecular complexity index is 475. The van der Waals surface area contributed by atoms with Gasteiger partial charge in [-0.15, -0.1) is 0 Å². The Labute approximate surface area is 136 Å². The minimum atomic E-state index is 0.0363. The zero-order chi connectivity index (χ0) is 16.0. The van der Waals surface area contributed by atoms with Gasteiger partial charge in [0.25, 0.3) is 0 Å². The highest BCUT2D eigenvalue weighted by Crippen LogP contribution is 2.23. The lowest BCUT2D eigenvalue weighted by molar-refractivity contribution is -0.120. The molecular weight excluding hydrogens is 330 g/mol. The third-order valence-electron chi connectivity index (χ3n) is 3.01. The van der Waals surface area contributed by atoms with E-state index in [0.29, 0.717) is 12.6 Å². The molecule has 0 heterocycles. The number of anilines is 1. The monoisotopic (exact) mass is 355 g/mol. The van der Waals surface area contributed by atoms with E-state index < -0.39 is 0 Å². The Balaban J connectivity index is 2.67. The molecule has 118 valence electrons. The molecule has 0 saturated heterocycles. The number of rotatable bonds is 7. The number of carbonyl (C=O) groups is 1. The number of nitrogens with zero attached hydrogens (tertiary/aromatic N) is 1. The SMILES string of the molecule is CC(C)NCc1ccc(N(C)CC(=O)NC(C)C)cc1Br. The molecule has 0 spiro atoms. The van der Waals surface area contributed by atoms with Crippen LogP contribution in [0.3, 0.4) is 0 Å². The fourth-order valence-electron chi connectivity index (χ4n) is 1.91. The first-order chi connectivity index (χ1) is 9.79. The summed E-state index contributed by atoms with van der Waals surface area (Å²) in [5, 5.41) is 6.30. The van der Waals surface area contributed by atoms with Crippen LogP contribution < -0.4 is 15.5 Å². The molecule has 4 nitrogen and oxygen atoms in total. The van der Waals surface area contributed by atoms with Crippen molar-refractivity contribution in [2.24, 2.45) is 0 Å². The van der Waals surface area contributed by atoms with Crippen LogP contribution in [-0.4, -0.2) is 31.6 Å². The van der Waals surface area contributed by atoms with Crippen LogP contribution in [0.25, 0.3) is 0 Å². The second-order valence-corrected chi connectivity index (χ2v) is 6.74. The van der Waals surface area contributed by atoms with Crippen LogP contribution in [-0.2, 0) is 11.3 Å². The van der Waals surface area contributed by atoms with E-state index in [4.69, 9.17) is 0 Å². The minimum absolute atomic E-state index is 0.0363. The number of carbonyl (C=O) groups excluding carboxylic acids is 1. The van der Waals surface area contributed by atoms with E-state index in [1.165, 1.54) is 5.56 Å². The number of hydrogen-bond donors (Lipinski definition) is 2. The largest absolute Gasteiger partial charge is 0.365 e. The van der Waals surface area contributed by atoms with Gasteiger partial charge in [-0.1, -0.05) is 35.8 Å². The van der Waals surface area contributed by atoms with Crippen molar-refractivity contribution in [3.63, 3.8) is 0 Å². The molecule has 0 aliphatic heterocycles. The summed E-state index contributed by atoms with van der Waals surface area (Å²) < 4.78 is 1.06. The minimum Gasteiger partial charge on any atom is -0.365 e. The van der Waals surface area contributed by atoms with Gasteiger partial charge in [-0.25, -0.2) is 0 Å². The van der Waals surface area contributed by atoms with Gasteiger partial charge in [0.05, 0.1) is 6.54 Å². The summed E-state index contributed by atoms with van der Waals surface area (Å²) in [7, 11) is 1.92. The highest BCUT2D eigenvalue weighted by atomic mass is 79.9. The van der Waals surface area contributed by atoms with Crippen LogP contribution in [0, 0.1) is 0 Å². The molecule has 21 heavy (non-hydrogen) atoms. The maximum Gasteiger partial charge on any atom is 0.239 e. The van der Waals surface area contributed by atoms with E-state index in [-0.39, 0.29) is 11.9 Å². The summed E-state index contributed by atoms with van der Waals surface area (Å²) in [6.45, 7) is 9.37. The predicted molar refractivity (Wildman–Crippen MR) is 92.7 cm³/mol. The average molecular weight is 356 g/mol. The van der Waals surface area contributed by atoms with Crippen molar-refractivity contribution >= 4 is 27.5 Å². The van der Waals surface area contributed by atoms with Crippen LogP contribution in [0.2, 0.25) is 0 Å². The molecule has 0 aliphatic carbocycles. The van der Waals surface area contributed by atoms with E-state index in [1.807, 2.05) is 31.9 Å². The van der Waals surface area contributed by atoms with Crippen molar-refractivity contribution in [1.82, 2.24) is 10.6 Å². The number of benzene rings is 1. The first-order valence-corrected chi connectivity index (χ1v) is 8.11. The molecule has 1 aromatic carbocycles. The van der Waals surface area contributed by atoms with Crippen molar-refractivity contribution in [2.45, 2.75) is 46.3 Å². The van der Waals surface area contributed by atoms with Crippen LogP contribution in [0.5, 0.6) is 0 Å². The van der Waals surface area contributed by atoms with Gasteiger partial charge in [-0.3, -0.25) is 4.79 Å². The van der Waals surface area contributed by atoms with Crippen LogP contribution in [0.1, 0.15) is 33.3 Å². The van der Waals surface area contributed by atoms with Gasteiger partial charge in [-0.05, 0) is 31.5 Å². The molecule has 5 heteroatoms. The molecule has 0 saturated carbocycles. The summed E-state index contributed by atoms with van der Waals surface area (Å²) in [4.78, 5) is 13.7. The lowest BCUT2D eigenvalue weighted by atomic mass is 10.2. The predicted octanol–water partition coefficient (Wildman–Crippen LogP) is 2.91. The highest BCUT2D eigenvalue weighted by molar-refractivity contribution is 9.10. The normalized spacial score (nSPS) is 11.0. The van der Waals surface area contributed by atoms with Gasteiger partial charge in [0.2, 0.25) is 5.91 Å². The lowest BCUT2D eigenvalue weighted by Gasteiger charge is -2.21. The van der Waals surface area contributed by atoms with Crippen molar-refractivity contribution in [3.8, 4) is 0 Å². The van der Waals surface area contributed by atoms with Crippen LogP contribution in [0.15, 0.2) is 22.7 Å². The molecule has 0 aromatic heterocycles. The van der Waals surface area contributed by atoms with E-state index in [1.54, 1.807) is 0 Å². The third-order valence-corrected chi connectivity index (χ3v) is 3.75. The maximum absolute atomic E-state index is 11.8. The molecule has 1 amide bonds. The molecule has 0 radical (unpaired) electrons. The molecule has 2 N–H and O–H groups in total. The molecule has 0 aliphatic rings. The van der Waals surface area contributed by atoms with Gasteiger partial charge in [0.1, 0.15) is 0 Å². The Morgan fingerprint density at radius 2 is 1.90 bits per heavy atom. The van der Waals surface area contributed by atoms with E-state index in [2.05, 4.69) is 52.5 Å². The Kier molecular flexibility index (Phi) is 7.18. The van der Waals surface area contributed by atoms with E-state index in [9.17, 15) is 4.79 Å². The Morgan fingerprint density at radius 1 is 1.24 bits per heavy atom. The molecular formula is C16H26BrN3O. The lowest BCUT2D eigenvalue weighted by Crippen LogP contribution is -2.38. The van der Waals surface area contributed by atoms with Crippen molar-refractivity contribution in [3.05, 3.63) is 28.2 Å². The zero-order valence-electron chi connectivity index (χ0n) is 13.5. The second kappa shape index (κ2) is 8.39. The molecule has 0 fully saturated rings. The molecule has 1 rings (SSSR count). The molecule has 0 unspecified atom stereocenters. The number of hydrogen-bond acceptors (Lipinski definition) is 3. The van der Waals surface area contributed by atoms with Gasteiger partial charge in [-0.2, -0.15) is 0 Å². The first-order valence-electron chi connectivity index (χ1n) is 7.32. The maximum atomic E-state index is 11.8. The number of likely N-dealkylation sites (N-methyl/N-ethyl adjacent to an activating group) is 1. The number of halogens is 1. The second-order valence-electron chi connectivity index (χ2n) is 5.89. The summed E-state index contributed by atoms with van der Waals surface area (Å²) in [5.74, 6) is 0.0363. The number of amides is 1. The van der Waals surface area contributed by atoms with E-state index in [0.717, 1.165) is 16.7 Å². The Morgan fingerprint density at radius 3 is 2.43 bits per heavy atom. The van der Waals surface area contributed by atoms with E-state index >= 15 is 0 Å². The fraction of sp³-hybridized carbons (Fsp3) is 0.562. The summed E-state index contributed by atoms with van der Waals surface area (Å²) >= 11 is 3.60. The number of nitrogens with one attached hydrogen (secondary N) is 2. The van der Waals surface area contributed by atoms with Crippen molar-refractivity contribution < 1.29 is 4.79 Å². The summed E-state index contributed by atoms with van der Waals surface area (Å²) in [5.41, 5.74) is 2.24. The fourth-order valence-corrected chi connectivity index (χ4v) is 2.41. The Hall–Kier alpha value is -1.07. The topological polar surface area (TPSA) is 44.4 Å². The molecule has 0 atom stereocenters. The summed E-state index contributed by atoms with van der Waals surface area (Å²) in [6, 6.07) is 6.82. The smallest absolute Gasteiger partial charge is 0.239 e. The first kappa shape index (κ1) is 18.0. The standard InChI is InChI=1S/C16H26BrN3O/c1-11(2)18-9-13-6-7-14(8-15(13)17)20(5)10-16(21)19-12(3)4/h6-8,11-12,18H,9-10H2,1-5H3,(H,19,21). The average Bonchev–Trinajstić information content (AvgIpc) is 2.35. The van der Waals surface area contributed by atoms with Gasteiger partial charge >= 0.3 is 0 Å². The molecule has 0 bridgehead atoms. The summed E-state index contributed by atoms with van der Waals surface area (Å²) in [6.07, 6.45) is 0. The molecule has 1 aromatic rings. The van der Waals surface area contributed by atoms with Gasteiger partial charge < -0.3 is 15.5 Å². The highest BCUT2D eigenvalue weighted by Gasteiger charge is 2.10. The third kappa shape index (κ3) is 6.48. The van der Waals surface area contributed by atoms with Crippen molar-refractivity contribution in [1.29, 1.82) is 0 Å². The quantitative estimate of drug-likeness (QED) is 0.790. The van der Waals surface area contributed by atoms with Gasteiger partial charge in [0.15, 0.2) is 0 Å². The van der Waals surface area contributed by atoms with Crippen LogP contribution in [0.4, 0.5) is 5.69 Å². The zero-order valence-corrected chi connectivity index (χ0v) is 15.1. The van der Waals surface area contributed by atoms with Crippen LogP contribution >= 0.6 is 15.9 Å². The van der Waals surface area contributed by atoms with Gasteiger partial charge in [0, 0.05) is 35.8 Å².